The Morgan fingerprint density at radius 2 is 1.74 bits per heavy atom. The number of H-pyrrole nitrogens is 1. The number of hydrogen-bond donors (Lipinski definition) is 1. The number of nitrogens with one attached hydrogen (secondary N) is 1. The Bertz CT molecular complexity index is 705. The highest BCUT2D eigenvalue weighted by Gasteiger charge is 2.13. The Balaban J connectivity index is 2.21. The molecule has 3 rings (SSSR count). The van der Waals surface area contributed by atoms with Crippen LogP contribution < -0.4 is 9.47 Å². The van der Waals surface area contributed by atoms with Gasteiger partial charge in [-0.3, -0.25) is 0 Å². The van der Waals surface area contributed by atoms with Crippen LogP contribution in [-0.2, 0) is 0 Å². The lowest BCUT2D eigenvalue weighted by Crippen LogP contribution is -1.91. The molecule has 0 unspecified atom stereocenters. The first-order chi connectivity index (χ1) is 9.33. The van der Waals surface area contributed by atoms with Crippen molar-refractivity contribution < 1.29 is 9.47 Å². The number of rotatable bonds is 3. The van der Waals surface area contributed by atoms with E-state index in [1.54, 1.807) is 14.2 Å². The van der Waals surface area contributed by atoms with E-state index < -0.39 is 0 Å². The molecule has 4 nitrogen and oxygen atoms in total. The zero-order valence-electron chi connectivity index (χ0n) is 10.8. The second kappa shape index (κ2) is 4.65. The number of aromatic amines is 1. The zero-order valence-corrected chi connectivity index (χ0v) is 10.8. The molecule has 19 heavy (non-hydrogen) atoms. The van der Waals surface area contributed by atoms with E-state index in [0.29, 0.717) is 11.5 Å². The van der Waals surface area contributed by atoms with E-state index in [2.05, 4.69) is 9.97 Å². The van der Waals surface area contributed by atoms with Gasteiger partial charge >= 0.3 is 0 Å². The van der Waals surface area contributed by atoms with Gasteiger partial charge in [0.25, 0.3) is 0 Å². The number of fused-ring (bicyclic) bond motifs is 1. The van der Waals surface area contributed by atoms with E-state index in [9.17, 15) is 0 Å². The minimum absolute atomic E-state index is 0.651. The van der Waals surface area contributed by atoms with Crippen LogP contribution in [0.5, 0.6) is 11.5 Å². The maximum absolute atomic E-state index is 5.39. The lowest BCUT2D eigenvalue weighted by atomic mass is 10.2. The molecule has 0 aliphatic heterocycles. The predicted octanol–water partition coefficient (Wildman–Crippen LogP) is 3.25. The minimum atomic E-state index is 0.651. The van der Waals surface area contributed by atoms with Gasteiger partial charge in [-0.25, -0.2) is 4.98 Å². The quantitative estimate of drug-likeness (QED) is 0.780. The van der Waals surface area contributed by atoms with Gasteiger partial charge in [-0.1, -0.05) is 30.3 Å². The van der Waals surface area contributed by atoms with E-state index in [1.165, 1.54) is 0 Å². The molecule has 0 bridgehead atoms. The van der Waals surface area contributed by atoms with Crippen molar-refractivity contribution in [2.24, 2.45) is 0 Å². The third kappa shape index (κ3) is 1.91. The number of methoxy groups -OCH3 is 2. The summed E-state index contributed by atoms with van der Waals surface area (Å²) in [7, 11) is 3.24. The SMILES string of the molecule is COc1ccc2[nH]c(-c3ccccc3)nc2c1OC. The summed E-state index contributed by atoms with van der Waals surface area (Å²) in [5.74, 6) is 2.15. The van der Waals surface area contributed by atoms with Crippen LogP contribution in [0.4, 0.5) is 0 Å². The number of benzene rings is 2. The second-order valence-electron chi connectivity index (χ2n) is 4.15. The smallest absolute Gasteiger partial charge is 0.188 e. The van der Waals surface area contributed by atoms with E-state index in [-0.39, 0.29) is 0 Å². The lowest BCUT2D eigenvalue weighted by Gasteiger charge is -2.06. The topological polar surface area (TPSA) is 47.1 Å². The summed E-state index contributed by atoms with van der Waals surface area (Å²) in [6.45, 7) is 0. The Hall–Kier alpha value is -2.49. The number of nitrogens with zero attached hydrogens (tertiary/aromatic N) is 1. The summed E-state index contributed by atoms with van der Waals surface area (Å²) in [5, 5.41) is 0. The molecule has 96 valence electrons. The first-order valence-corrected chi connectivity index (χ1v) is 5.99. The fraction of sp³-hybridized carbons (Fsp3) is 0.133. The van der Waals surface area contributed by atoms with Gasteiger partial charge in [-0.2, -0.15) is 0 Å². The average Bonchev–Trinajstić information content (AvgIpc) is 2.91. The van der Waals surface area contributed by atoms with Crippen LogP contribution in [0, 0.1) is 0 Å². The van der Waals surface area contributed by atoms with Crippen LogP contribution in [0.1, 0.15) is 0 Å². The summed E-state index contributed by atoms with van der Waals surface area (Å²) in [4.78, 5) is 7.89. The molecular formula is C15H14N2O2. The minimum Gasteiger partial charge on any atom is -0.493 e. The van der Waals surface area contributed by atoms with E-state index >= 15 is 0 Å². The molecule has 0 spiro atoms. The summed E-state index contributed by atoms with van der Waals surface area (Å²) >= 11 is 0. The van der Waals surface area contributed by atoms with Gasteiger partial charge in [0.1, 0.15) is 11.3 Å². The van der Waals surface area contributed by atoms with Gasteiger partial charge in [0.05, 0.1) is 19.7 Å². The van der Waals surface area contributed by atoms with Crippen molar-refractivity contribution in [2.75, 3.05) is 14.2 Å². The molecule has 0 aliphatic rings. The van der Waals surface area contributed by atoms with Crippen LogP contribution in [0.15, 0.2) is 42.5 Å². The van der Waals surface area contributed by atoms with Gasteiger partial charge in [0.2, 0.25) is 0 Å². The Morgan fingerprint density at radius 1 is 0.947 bits per heavy atom. The van der Waals surface area contributed by atoms with E-state index in [0.717, 1.165) is 22.4 Å². The fourth-order valence-electron chi connectivity index (χ4n) is 2.12. The van der Waals surface area contributed by atoms with E-state index in [1.807, 2.05) is 42.5 Å². The van der Waals surface area contributed by atoms with Crippen molar-refractivity contribution >= 4 is 11.0 Å². The van der Waals surface area contributed by atoms with Crippen molar-refractivity contribution in [1.29, 1.82) is 0 Å². The van der Waals surface area contributed by atoms with Crippen LogP contribution >= 0.6 is 0 Å². The Kier molecular flexibility index (Phi) is 2.83. The van der Waals surface area contributed by atoms with Gasteiger partial charge in [0, 0.05) is 5.56 Å². The van der Waals surface area contributed by atoms with E-state index in [4.69, 9.17) is 9.47 Å². The number of hydrogen-bond acceptors (Lipinski definition) is 3. The number of aromatic nitrogens is 2. The molecule has 0 atom stereocenters. The maximum atomic E-state index is 5.39. The highest BCUT2D eigenvalue weighted by atomic mass is 16.5. The fourth-order valence-corrected chi connectivity index (χ4v) is 2.12. The number of imidazole rings is 1. The van der Waals surface area contributed by atoms with Crippen LogP contribution in [0.2, 0.25) is 0 Å². The molecule has 0 radical (unpaired) electrons. The van der Waals surface area contributed by atoms with Crippen molar-refractivity contribution in [3.8, 4) is 22.9 Å². The largest absolute Gasteiger partial charge is 0.493 e. The van der Waals surface area contributed by atoms with Crippen LogP contribution in [0.25, 0.3) is 22.4 Å². The highest BCUT2D eigenvalue weighted by Crippen LogP contribution is 2.35. The molecule has 3 aromatic rings. The van der Waals surface area contributed by atoms with Crippen LogP contribution in [-0.4, -0.2) is 24.2 Å². The van der Waals surface area contributed by atoms with Crippen molar-refractivity contribution in [3.05, 3.63) is 42.5 Å². The van der Waals surface area contributed by atoms with Crippen molar-refractivity contribution in [1.82, 2.24) is 9.97 Å². The Morgan fingerprint density at radius 3 is 2.42 bits per heavy atom. The molecule has 0 fully saturated rings. The molecule has 1 N–H and O–H groups in total. The van der Waals surface area contributed by atoms with Gasteiger partial charge in [-0.15, -0.1) is 0 Å². The summed E-state index contributed by atoms with van der Waals surface area (Å²) in [5.41, 5.74) is 2.75. The molecule has 0 saturated carbocycles. The predicted molar refractivity (Wildman–Crippen MR) is 74.6 cm³/mol. The van der Waals surface area contributed by atoms with Crippen LogP contribution in [0.3, 0.4) is 0 Å². The van der Waals surface area contributed by atoms with Crippen molar-refractivity contribution in [3.63, 3.8) is 0 Å². The summed E-state index contributed by atoms with van der Waals surface area (Å²) in [6.07, 6.45) is 0. The zero-order chi connectivity index (χ0) is 13.2. The van der Waals surface area contributed by atoms with Crippen molar-refractivity contribution in [2.45, 2.75) is 0 Å². The van der Waals surface area contributed by atoms with Gasteiger partial charge in [-0.05, 0) is 12.1 Å². The Labute approximate surface area is 111 Å². The lowest BCUT2D eigenvalue weighted by molar-refractivity contribution is 0.358. The monoisotopic (exact) mass is 254 g/mol. The average molecular weight is 254 g/mol. The molecule has 1 heterocycles. The summed E-state index contributed by atoms with van der Waals surface area (Å²) < 4.78 is 10.7. The third-order valence-electron chi connectivity index (χ3n) is 3.04. The molecule has 2 aromatic carbocycles. The molecule has 0 saturated heterocycles. The van der Waals surface area contributed by atoms with Gasteiger partial charge in [0.15, 0.2) is 11.5 Å². The molecule has 1 aromatic heterocycles. The normalized spacial score (nSPS) is 10.6. The van der Waals surface area contributed by atoms with Gasteiger partial charge < -0.3 is 14.5 Å². The molecule has 4 heteroatoms. The first-order valence-electron chi connectivity index (χ1n) is 5.99. The standard InChI is InChI=1S/C15H14N2O2/c1-18-12-9-8-11-13(14(12)19-2)17-15(16-11)10-6-4-3-5-7-10/h3-9H,1-2H3,(H,16,17). The summed E-state index contributed by atoms with van der Waals surface area (Å²) in [6, 6.07) is 13.8. The third-order valence-corrected chi connectivity index (χ3v) is 3.04. The number of ether oxygens (including phenoxy) is 2. The maximum Gasteiger partial charge on any atom is 0.188 e. The second-order valence-corrected chi connectivity index (χ2v) is 4.15. The molecule has 0 amide bonds. The molecule has 0 aliphatic carbocycles. The highest BCUT2D eigenvalue weighted by molar-refractivity contribution is 5.87. The first kappa shape index (κ1) is 11.6. The molecular weight excluding hydrogens is 240 g/mol.